The Morgan fingerprint density at radius 3 is 2.76 bits per heavy atom. The normalized spacial score (nSPS) is 48.5. The molecule has 4 aliphatic carbocycles. The van der Waals surface area contributed by atoms with Gasteiger partial charge in [0.25, 0.3) is 0 Å². The minimum atomic E-state index is -0.941. The van der Waals surface area contributed by atoms with E-state index in [1.807, 2.05) is 0 Å². The van der Waals surface area contributed by atoms with Gasteiger partial charge in [-0.2, -0.15) is 0 Å². The van der Waals surface area contributed by atoms with Gasteiger partial charge < -0.3 is 5.11 Å². The van der Waals surface area contributed by atoms with Crippen molar-refractivity contribution in [3.63, 3.8) is 0 Å². The van der Waals surface area contributed by atoms with Crippen LogP contribution >= 0.6 is 0 Å². The predicted molar refractivity (Wildman–Crippen MR) is 78.5 cm³/mol. The van der Waals surface area contributed by atoms with E-state index in [-0.39, 0.29) is 17.1 Å². The molecule has 0 aromatic carbocycles. The molecule has 3 saturated carbocycles. The number of hydrogen-bond donors (Lipinski definition) is 1. The van der Waals surface area contributed by atoms with E-state index in [4.69, 9.17) is 0 Å². The van der Waals surface area contributed by atoms with Crippen molar-refractivity contribution in [3.05, 3.63) is 23.8 Å². The second-order valence-electron chi connectivity index (χ2n) is 7.56. The fraction of sp³-hybridized carbons (Fsp3) is 0.667. The molecular weight excluding hydrogens is 264 g/mol. The average Bonchev–Trinajstić information content (AvgIpc) is 2.76. The third kappa shape index (κ3) is 1.64. The Morgan fingerprint density at radius 1 is 1.14 bits per heavy atom. The molecule has 3 fully saturated rings. The minimum absolute atomic E-state index is 0.00943. The van der Waals surface area contributed by atoms with Crippen LogP contribution in [0.5, 0.6) is 0 Å². The van der Waals surface area contributed by atoms with Crippen LogP contribution in [0.25, 0.3) is 0 Å². The highest BCUT2D eigenvalue weighted by molar-refractivity contribution is 6.01. The van der Waals surface area contributed by atoms with Crippen molar-refractivity contribution in [3.8, 4) is 0 Å². The van der Waals surface area contributed by atoms with Crippen molar-refractivity contribution in [2.45, 2.75) is 51.0 Å². The zero-order valence-electron chi connectivity index (χ0n) is 12.5. The summed E-state index contributed by atoms with van der Waals surface area (Å²) in [5.41, 5.74) is -0.208. The molecule has 5 atom stereocenters. The standard InChI is InChI=1S/C18H22O3/c1-17-8-7-15-13(14(17)4-5-16(17)20)3-2-11-10-12(19)6-9-18(11,15)21/h6,9-10,13-15,21H,2-5,7-8H2,1H3/t13-,14-,15-,17-,18?/m0/s1. The van der Waals surface area contributed by atoms with Gasteiger partial charge in [-0.15, -0.1) is 0 Å². The number of rotatable bonds is 0. The van der Waals surface area contributed by atoms with Crippen molar-refractivity contribution in [1.82, 2.24) is 0 Å². The lowest BCUT2D eigenvalue weighted by Crippen LogP contribution is -2.54. The van der Waals surface area contributed by atoms with E-state index in [1.54, 1.807) is 12.2 Å². The van der Waals surface area contributed by atoms with Crippen LogP contribution in [-0.2, 0) is 9.59 Å². The summed E-state index contributed by atoms with van der Waals surface area (Å²) in [6.07, 6.45) is 10.1. The van der Waals surface area contributed by atoms with Crippen LogP contribution in [-0.4, -0.2) is 22.3 Å². The maximum Gasteiger partial charge on any atom is 0.178 e. The second-order valence-corrected chi connectivity index (χ2v) is 7.56. The first kappa shape index (κ1) is 13.4. The highest BCUT2D eigenvalue weighted by atomic mass is 16.3. The lowest BCUT2D eigenvalue weighted by atomic mass is 9.51. The molecule has 0 amide bonds. The maximum absolute atomic E-state index is 12.3. The molecule has 21 heavy (non-hydrogen) atoms. The third-order valence-corrected chi connectivity index (χ3v) is 6.79. The Kier molecular flexibility index (Phi) is 2.66. The van der Waals surface area contributed by atoms with Gasteiger partial charge in [0.15, 0.2) is 5.78 Å². The molecule has 0 radical (unpaired) electrons. The van der Waals surface area contributed by atoms with Crippen molar-refractivity contribution in [2.75, 3.05) is 0 Å². The first-order valence-corrected chi connectivity index (χ1v) is 8.15. The Hall–Kier alpha value is -1.22. The molecule has 0 spiro atoms. The molecule has 0 saturated heterocycles. The van der Waals surface area contributed by atoms with Crippen molar-refractivity contribution < 1.29 is 14.7 Å². The molecule has 3 heteroatoms. The van der Waals surface area contributed by atoms with Crippen LogP contribution in [0.1, 0.15) is 45.4 Å². The lowest BCUT2D eigenvalue weighted by Gasteiger charge is -2.54. The quantitative estimate of drug-likeness (QED) is 0.744. The largest absolute Gasteiger partial charge is 0.381 e. The van der Waals surface area contributed by atoms with Gasteiger partial charge in [-0.1, -0.05) is 6.92 Å². The summed E-state index contributed by atoms with van der Waals surface area (Å²) in [6.45, 7) is 2.14. The number of Topliss-reactive ketones (excluding diaryl/α,β-unsaturated/α-hetero) is 1. The van der Waals surface area contributed by atoms with E-state index >= 15 is 0 Å². The summed E-state index contributed by atoms with van der Waals surface area (Å²) in [4.78, 5) is 23.9. The van der Waals surface area contributed by atoms with Gasteiger partial charge in [0, 0.05) is 11.8 Å². The van der Waals surface area contributed by atoms with Gasteiger partial charge in [0.2, 0.25) is 0 Å². The maximum atomic E-state index is 12.3. The number of ketones is 2. The SMILES string of the molecule is C[C@]12CC[C@H]3[C@@H](CCC4=CC(=O)C=CC43O)[C@@H]1CCC2=O. The van der Waals surface area contributed by atoms with Gasteiger partial charge in [0.05, 0.1) is 0 Å². The summed E-state index contributed by atoms with van der Waals surface area (Å²) in [5, 5.41) is 11.2. The Labute approximate surface area is 125 Å². The fourth-order valence-corrected chi connectivity index (χ4v) is 5.62. The van der Waals surface area contributed by atoms with Gasteiger partial charge in [-0.05, 0) is 73.7 Å². The molecular formula is C18H22O3. The Balaban J connectivity index is 1.72. The smallest absolute Gasteiger partial charge is 0.178 e. The summed E-state index contributed by atoms with van der Waals surface area (Å²) < 4.78 is 0. The van der Waals surface area contributed by atoms with E-state index in [1.165, 1.54) is 6.08 Å². The van der Waals surface area contributed by atoms with Crippen LogP contribution in [0.3, 0.4) is 0 Å². The molecule has 0 heterocycles. The van der Waals surface area contributed by atoms with E-state index in [9.17, 15) is 14.7 Å². The monoisotopic (exact) mass is 286 g/mol. The molecule has 4 rings (SSSR count). The van der Waals surface area contributed by atoms with E-state index in [0.29, 0.717) is 24.0 Å². The summed E-state index contributed by atoms with van der Waals surface area (Å²) >= 11 is 0. The van der Waals surface area contributed by atoms with Crippen LogP contribution in [0, 0.1) is 23.2 Å². The summed E-state index contributed by atoms with van der Waals surface area (Å²) in [6, 6.07) is 0. The van der Waals surface area contributed by atoms with Gasteiger partial charge in [0.1, 0.15) is 11.4 Å². The van der Waals surface area contributed by atoms with Crippen molar-refractivity contribution in [1.29, 1.82) is 0 Å². The van der Waals surface area contributed by atoms with Crippen LogP contribution in [0.15, 0.2) is 23.8 Å². The van der Waals surface area contributed by atoms with E-state index in [0.717, 1.165) is 37.7 Å². The van der Waals surface area contributed by atoms with Crippen molar-refractivity contribution in [2.24, 2.45) is 23.2 Å². The van der Waals surface area contributed by atoms with Crippen molar-refractivity contribution >= 4 is 11.6 Å². The molecule has 0 aromatic heterocycles. The Morgan fingerprint density at radius 2 is 1.95 bits per heavy atom. The first-order valence-electron chi connectivity index (χ1n) is 8.15. The molecule has 1 N–H and O–H groups in total. The molecule has 0 aromatic rings. The molecule has 0 aliphatic heterocycles. The zero-order valence-corrected chi connectivity index (χ0v) is 12.5. The summed E-state index contributed by atoms with van der Waals surface area (Å²) in [7, 11) is 0. The topological polar surface area (TPSA) is 54.4 Å². The van der Waals surface area contributed by atoms with Crippen LogP contribution in [0.4, 0.5) is 0 Å². The lowest BCUT2D eigenvalue weighted by molar-refractivity contribution is -0.134. The highest BCUT2D eigenvalue weighted by Gasteiger charge is 2.59. The predicted octanol–water partition coefficient (Wildman–Crippen LogP) is 2.59. The average molecular weight is 286 g/mol. The van der Waals surface area contributed by atoms with Crippen LogP contribution in [0.2, 0.25) is 0 Å². The van der Waals surface area contributed by atoms with Gasteiger partial charge in [-0.3, -0.25) is 9.59 Å². The number of aliphatic hydroxyl groups is 1. The molecule has 3 nitrogen and oxygen atoms in total. The number of allylic oxidation sites excluding steroid dienone is 2. The number of fused-ring (bicyclic) bond motifs is 5. The van der Waals surface area contributed by atoms with Crippen LogP contribution < -0.4 is 0 Å². The molecule has 112 valence electrons. The number of carbonyl (C=O) groups excluding carboxylic acids is 2. The number of hydrogen-bond acceptors (Lipinski definition) is 3. The molecule has 1 unspecified atom stereocenters. The zero-order chi connectivity index (χ0) is 14.8. The number of carbonyl (C=O) groups is 2. The van der Waals surface area contributed by atoms with Gasteiger partial charge >= 0.3 is 0 Å². The van der Waals surface area contributed by atoms with Gasteiger partial charge in [-0.25, -0.2) is 0 Å². The molecule has 4 aliphatic rings. The Bertz CT molecular complexity index is 587. The van der Waals surface area contributed by atoms with E-state index < -0.39 is 5.60 Å². The first-order chi connectivity index (χ1) is 9.95. The second kappa shape index (κ2) is 4.16. The fourth-order valence-electron chi connectivity index (χ4n) is 5.62. The molecule has 0 bridgehead atoms. The highest BCUT2D eigenvalue weighted by Crippen LogP contribution is 2.60. The minimum Gasteiger partial charge on any atom is -0.381 e. The summed E-state index contributed by atoms with van der Waals surface area (Å²) in [5.74, 6) is 1.42. The van der Waals surface area contributed by atoms with E-state index in [2.05, 4.69) is 6.92 Å². The third-order valence-electron chi connectivity index (χ3n) is 6.79.